The lowest BCUT2D eigenvalue weighted by atomic mass is 10.3. The minimum atomic E-state index is 0.0386. The van der Waals surface area contributed by atoms with Crippen molar-refractivity contribution >= 4 is 43.4 Å². The summed E-state index contributed by atoms with van der Waals surface area (Å²) in [4.78, 5) is 12.4. The molecular formula is C15H17BrN2OS. The summed E-state index contributed by atoms with van der Waals surface area (Å²) in [6.07, 6.45) is 6.58. The van der Waals surface area contributed by atoms with Gasteiger partial charge in [-0.1, -0.05) is 12.2 Å². The summed E-state index contributed by atoms with van der Waals surface area (Å²) in [5.41, 5.74) is 1.87. The molecule has 0 radical (unpaired) electrons. The standard InChI is InChI=1S/C15H17BrN2OS/c1-2-3-6-18-12(15(19)17-8-10-4-5-10)7-13-14(18)11(16)9-20-13/h2-3,7,9-10H,4-6,8H2,1H3,(H,17,19)/b3-2+. The maximum Gasteiger partial charge on any atom is 0.267 e. The first-order chi connectivity index (χ1) is 9.70. The number of rotatable bonds is 5. The molecule has 106 valence electrons. The Kier molecular flexibility index (Phi) is 3.98. The second-order valence-corrected chi connectivity index (χ2v) is 6.92. The fourth-order valence-corrected chi connectivity index (χ4v) is 3.96. The molecule has 1 aliphatic rings. The number of fused-ring (bicyclic) bond motifs is 1. The van der Waals surface area contributed by atoms with Crippen LogP contribution >= 0.6 is 27.3 Å². The van der Waals surface area contributed by atoms with Crippen LogP contribution in [0.2, 0.25) is 0 Å². The first-order valence-electron chi connectivity index (χ1n) is 6.86. The third-order valence-corrected chi connectivity index (χ3v) is 5.41. The van der Waals surface area contributed by atoms with Crippen molar-refractivity contribution in [3.63, 3.8) is 0 Å². The number of hydrogen-bond donors (Lipinski definition) is 1. The Morgan fingerprint density at radius 1 is 1.60 bits per heavy atom. The molecule has 0 atom stereocenters. The van der Waals surface area contributed by atoms with Gasteiger partial charge in [0.2, 0.25) is 0 Å². The van der Waals surface area contributed by atoms with Crippen LogP contribution in [0, 0.1) is 5.92 Å². The van der Waals surface area contributed by atoms with E-state index in [1.165, 1.54) is 12.8 Å². The van der Waals surface area contributed by atoms with Crippen LogP contribution in [0.1, 0.15) is 30.3 Å². The molecule has 3 nitrogen and oxygen atoms in total. The quantitative estimate of drug-likeness (QED) is 0.804. The highest BCUT2D eigenvalue weighted by atomic mass is 79.9. The Morgan fingerprint density at radius 2 is 2.40 bits per heavy atom. The summed E-state index contributed by atoms with van der Waals surface area (Å²) >= 11 is 5.24. The van der Waals surface area contributed by atoms with Gasteiger partial charge in [0.15, 0.2) is 0 Å². The smallest absolute Gasteiger partial charge is 0.267 e. The molecule has 20 heavy (non-hydrogen) atoms. The van der Waals surface area contributed by atoms with Gasteiger partial charge in [-0.3, -0.25) is 4.79 Å². The topological polar surface area (TPSA) is 34.0 Å². The van der Waals surface area contributed by atoms with Crippen LogP contribution in [0.5, 0.6) is 0 Å². The number of halogens is 1. The van der Waals surface area contributed by atoms with Crippen molar-refractivity contribution in [2.24, 2.45) is 5.92 Å². The SMILES string of the molecule is C/C=C/Cn1c(C(=O)NCC2CC2)cc2scc(Br)c21. The average Bonchev–Trinajstić information content (AvgIpc) is 3.10. The van der Waals surface area contributed by atoms with Gasteiger partial charge in [-0.15, -0.1) is 11.3 Å². The zero-order chi connectivity index (χ0) is 14.1. The van der Waals surface area contributed by atoms with E-state index in [1.54, 1.807) is 11.3 Å². The second-order valence-electron chi connectivity index (χ2n) is 5.16. The molecule has 2 heterocycles. The van der Waals surface area contributed by atoms with Crippen molar-refractivity contribution in [2.45, 2.75) is 26.3 Å². The molecule has 1 amide bonds. The molecule has 3 rings (SSSR count). The second kappa shape index (κ2) is 5.74. The van der Waals surface area contributed by atoms with Gasteiger partial charge in [-0.2, -0.15) is 0 Å². The number of thiophene rings is 1. The maximum absolute atomic E-state index is 12.4. The van der Waals surface area contributed by atoms with E-state index in [0.29, 0.717) is 5.92 Å². The van der Waals surface area contributed by atoms with Gasteiger partial charge >= 0.3 is 0 Å². The largest absolute Gasteiger partial charge is 0.350 e. The molecule has 2 aromatic rings. The monoisotopic (exact) mass is 352 g/mol. The molecule has 1 fully saturated rings. The van der Waals surface area contributed by atoms with Gasteiger partial charge in [0.1, 0.15) is 5.69 Å². The predicted molar refractivity (Wildman–Crippen MR) is 87.4 cm³/mol. The van der Waals surface area contributed by atoms with Gasteiger partial charge in [0.25, 0.3) is 5.91 Å². The number of allylic oxidation sites excluding steroid dienone is 2. The van der Waals surface area contributed by atoms with E-state index in [9.17, 15) is 4.79 Å². The van der Waals surface area contributed by atoms with E-state index < -0.39 is 0 Å². The molecule has 0 bridgehead atoms. The van der Waals surface area contributed by atoms with Gasteiger partial charge < -0.3 is 9.88 Å². The fraction of sp³-hybridized carbons (Fsp3) is 0.400. The summed E-state index contributed by atoms with van der Waals surface area (Å²) in [7, 11) is 0. The maximum atomic E-state index is 12.4. The molecule has 5 heteroatoms. The Morgan fingerprint density at radius 3 is 3.10 bits per heavy atom. The molecular weight excluding hydrogens is 336 g/mol. The van der Waals surface area contributed by atoms with Crippen molar-refractivity contribution in [1.82, 2.24) is 9.88 Å². The minimum Gasteiger partial charge on any atom is -0.350 e. The number of nitrogens with one attached hydrogen (secondary N) is 1. The molecule has 1 aliphatic carbocycles. The zero-order valence-corrected chi connectivity index (χ0v) is 13.8. The van der Waals surface area contributed by atoms with Gasteiger partial charge in [-0.25, -0.2) is 0 Å². The first-order valence-corrected chi connectivity index (χ1v) is 8.53. The van der Waals surface area contributed by atoms with Gasteiger partial charge in [-0.05, 0) is 47.7 Å². The lowest BCUT2D eigenvalue weighted by Gasteiger charge is -2.09. The number of carbonyl (C=O) groups is 1. The number of aromatic nitrogens is 1. The number of carbonyl (C=O) groups excluding carboxylic acids is 1. The number of hydrogen-bond acceptors (Lipinski definition) is 2. The zero-order valence-electron chi connectivity index (χ0n) is 11.4. The Hall–Kier alpha value is -1.07. The van der Waals surface area contributed by atoms with E-state index in [4.69, 9.17) is 0 Å². The van der Waals surface area contributed by atoms with E-state index in [-0.39, 0.29) is 5.91 Å². The molecule has 2 aromatic heterocycles. The van der Waals surface area contributed by atoms with E-state index in [2.05, 4.69) is 37.3 Å². The third kappa shape index (κ3) is 2.69. The molecule has 0 aliphatic heterocycles. The summed E-state index contributed by atoms with van der Waals surface area (Å²) in [6.45, 7) is 3.53. The normalized spacial score (nSPS) is 15.3. The summed E-state index contributed by atoms with van der Waals surface area (Å²) in [5.74, 6) is 0.738. The average molecular weight is 353 g/mol. The molecule has 1 N–H and O–H groups in total. The highest BCUT2D eigenvalue weighted by molar-refractivity contribution is 9.10. The van der Waals surface area contributed by atoms with E-state index >= 15 is 0 Å². The highest BCUT2D eigenvalue weighted by Gasteiger charge is 2.23. The van der Waals surface area contributed by atoms with Crippen molar-refractivity contribution in [3.05, 3.63) is 33.8 Å². The van der Waals surface area contributed by atoms with Crippen LogP contribution in [0.4, 0.5) is 0 Å². The van der Waals surface area contributed by atoms with E-state index in [1.807, 2.05) is 19.1 Å². The minimum absolute atomic E-state index is 0.0386. The Balaban J connectivity index is 1.92. The lowest BCUT2D eigenvalue weighted by Crippen LogP contribution is -2.27. The van der Waals surface area contributed by atoms with Crippen LogP contribution in [-0.4, -0.2) is 17.0 Å². The predicted octanol–water partition coefficient (Wildman–Crippen LogP) is 4.18. The third-order valence-electron chi connectivity index (χ3n) is 3.58. The van der Waals surface area contributed by atoms with Crippen LogP contribution < -0.4 is 5.32 Å². The molecule has 0 spiro atoms. The van der Waals surface area contributed by atoms with Crippen LogP contribution in [-0.2, 0) is 6.54 Å². The van der Waals surface area contributed by atoms with Crippen LogP contribution in [0.3, 0.4) is 0 Å². The van der Waals surface area contributed by atoms with Gasteiger partial charge in [0, 0.05) is 18.5 Å². The van der Waals surface area contributed by atoms with Gasteiger partial charge in [0.05, 0.1) is 14.7 Å². The Labute approximate surface area is 130 Å². The highest BCUT2D eigenvalue weighted by Crippen LogP contribution is 2.33. The number of amides is 1. The van der Waals surface area contributed by atoms with Crippen LogP contribution in [0.15, 0.2) is 28.1 Å². The van der Waals surface area contributed by atoms with E-state index in [0.717, 1.165) is 33.5 Å². The molecule has 0 unspecified atom stereocenters. The van der Waals surface area contributed by atoms with Crippen molar-refractivity contribution in [1.29, 1.82) is 0 Å². The molecule has 1 saturated carbocycles. The Bertz CT molecular complexity index is 667. The van der Waals surface area contributed by atoms with Crippen molar-refractivity contribution in [3.8, 4) is 0 Å². The van der Waals surface area contributed by atoms with Crippen molar-refractivity contribution in [2.75, 3.05) is 6.54 Å². The lowest BCUT2D eigenvalue weighted by molar-refractivity contribution is 0.0943. The summed E-state index contributed by atoms with van der Waals surface area (Å²) in [6, 6.07) is 2.00. The molecule has 0 aromatic carbocycles. The summed E-state index contributed by atoms with van der Waals surface area (Å²) in [5, 5.41) is 5.13. The first kappa shape index (κ1) is 13.9. The molecule has 0 saturated heterocycles. The fourth-order valence-electron chi connectivity index (χ4n) is 2.27. The number of nitrogens with zero attached hydrogens (tertiary/aromatic N) is 1. The van der Waals surface area contributed by atoms with Crippen molar-refractivity contribution < 1.29 is 4.79 Å². The summed E-state index contributed by atoms with van der Waals surface area (Å²) < 4.78 is 4.29. The van der Waals surface area contributed by atoms with Crippen LogP contribution in [0.25, 0.3) is 10.2 Å².